The van der Waals surface area contributed by atoms with Gasteiger partial charge in [-0.15, -0.1) is 0 Å². The lowest BCUT2D eigenvalue weighted by Crippen LogP contribution is -2.29. The van der Waals surface area contributed by atoms with Crippen LogP contribution < -0.4 is 0 Å². The molecule has 0 bridgehead atoms. The molecule has 5 nitrogen and oxygen atoms in total. The second kappa shape index (κ2) is 6.52. The van der Waals surface area contributed by atoms with Crippen molar-refractivity contribution in [2.45, 2.75) is 39.7 Å². The van der Waals surface area contributed by atoms with Gasteiger partial charge in [0.15, 0.2) is 0 Å². The Balaban J connectivity index is 1.66. The molecule has 2 aromatic heterocycles. The second-order valence-corrected chi connectivity index (χ2v) is 6.63. The van der Waals surface area contributed by atoms with Gasteiger partial charge in [-0.05, 0) is 45.2 Å². The van der Waals surface area contributed by atoms with Gasteiger partial charge in [-0.1, -0.05) is 0 Å². The molecule has 3 rings (SSSR count). The van der Waals surface area contributed by atoms with Crippen LogP contribution in [-0.4, -0.2) is 38.4 Å². The fourth-order valence-corrected chi connectivity index (χ4v) is 3.47. The van der Waals surface area contributed by atoms with E-state index in [9.17, 15) is 4.79 Å². The Labute approximate surface area is 137 Å². The van der Waals surface area contributed by atoms with E-state index in [0.717, 1.165) is 31.8 Å². The Kier molecular flexibility index (Phi) is 4.46. The van der Waals surface area contributed by atoms with E-state index in [-0.39, 0.29) is 5.91 Å². The van der Waals surface area contributed by atoms with Crippen molar-refractivity contribution in [1.29, 1.82) is 0 Å². The van der Waals surface area contributed by atoms with Gasteiger partial charge in [0.2, 0.25) is 0 Å². The zero-order valence-electron chi connectivity index (χ0n) is 14.1. The first-order valence-corrected chi connectivity index (χ1v) is 8.28. The number of imidazole rings is 1. The van der Waals surface area contributed by atoms with E-state index in [1.165, 1.54) is 5.69 Å². The van der Waals surface area contributed by atoms with Gasteiger partial charge in [0, 0.05) is 49.8 Å². The summed E-state index contributed by atoms with van der Waals surface area (Å²) in [7, 11) is 0. The normalized spacial score (nSPS) is 17.9. The molecule has 5 heteroatoms. The van der Waals surface area contributed by atoms with Gasteiger partial charge < -0.3 is 9.47 Å². The van der Waals surface area contributed by atoms with Crippen LogP contribution in [0.5, 0.6) is 0 Å². The maximum atomic E-state index is 12.5. The fourth-order valence-electron chi connectivity index (χ4n) is 3.47. The molecule has 0 aliphatic carbocycles. The van der Waals surface area contributed by atoms with Crippen molar-refractivity contribution < 1.29 is 4.79 Å². The monoisotopic (exact) mass is 312 g/mol. The van der Waals surface area contributed by atoms with Crippen molar-refractivity contribution in [1.82, 2.24) is 19.4 Å². The summed E-state index contributed by atoms with van der Waals surface area (Å²) in [6.45, 7) is 8.09. The van der Waals surface area contributed by atoms with Crippen LogP contribution in [0.25, 0.3) is 0 Å². The molecule has 1 aliphatic heterocycles. The lowest BCUT2D eigenvalue weighted by atomic mass is 10.0. The molecule has 1 fully saturated rings. The Bertz CT molecular complexity index is 678. The van der Waals surface area contributed by atoms with E-state index in [0.29, 0.717) is 17.5 Å². The quantitative estimate of drug-likeness (QED) is 0.872. The van der Waals surface area contributed by atoms with Crippen LogP contribution in [0.15, 0.2) is 30.7 Å². The largest absolute Gasteiger partial charge is 0.338 e. The lowest BCUT2D eigenvalue weighted by Gasteiger charge is -2.18. The second-order valence-electron chi connectivity index (χ2n) is 6.63. The highest BCUT2D eigenvalue weighted by Gasteiger charge is 2.28. The fraction of sp³-hybridized carbons (Fsp3) is 0.500. The van der Waals surface area contributed by atoms with Crippen LogP contribution in [0.4, 0.5) is 0 Å². The number of rotatable bonds is 4. The minimum Gasteiger partial charge on any atom is -0.338 e. The zero-order chi connectivity index (χ0) is 16.4. The minimum absolute atomic E-state index is 0.0870. The van der Waals surface area contributed by atoms with Crippen LogP contribution in [0.3, 0.4) is 0 Å². The number of hydrogen-bond donors (Lipinski definition) is 0. The molecular weight excluding hydrogens is 288 g/mol. The van der Waals surface area contributed by atoms with Crippen molar-refractivity contribution in [2.75, 3.05) is 13.1 Å². The van der Waals surface area contributed by atoms with Gasteiger partial charge >= 0.3 is 0 Å². The summed E-state index contributed by atoms with van der Waals surface area (Å²) in [6, 6.07) is 4.06. The average Bonchev–Trinajstić information content (AvgIpc) is 3.15. The SMILES string of the molecule is Cc1cnc(CC2CCN(C(=O)c3cccnc3)C2)n1C(C)C. The molecule has 1 atom stereocenters. The average molecular weight is 312 g/mol. The molecule has 0 N–H and O–H groups in total. The predicted molar refractivity (Wildman–Crippen MR) is 89.3 cm³/mol. The third-order valence-electron chi connectivity index (χ3n) is 4.53. The predicted octanol–water partition coefficient (Wildman–Crippen LogP) is 2.87. The van der Waals surface area contributed by atoms with Gasteiger partial charge in [-0.2, -0.15) is 0 Å². The van der Waals surface area contributed by atoms with Crippen LogP contribution >= 0.6 is 0 Å². The number of aryl methyl sites for hydroxylation is 1. The van der Waals surface area contributed by atoms with E-state index < -0.39 is 0 Å². The first kappa shape index (κ1) is 15.7. The van der Waals surface area contributed by atoms with Gasteiger partial charge in [0.1, 0.15) is 5.82 Å². The van der Waals surface area contributed by atoms with Gasteiger partial charge in [0.25, 0.3) is 5.91 Å². The van der Waals surface area contributed by atoms with E-state index in [4.69, 9.17) is 0 Å². The molecule has 0 aromatic carbocycles. The Morgan fingerprint density at radius 1 is 1.39 bits per heavy atom. The molecule has 23 heavy (non-hydrogen) atoms. The van der Waals surface area contributed by atoms with Crippen molar-refractivity contribution in [3.05, 3.63) is 47.8 Å². The van der Waals surface area contributed by atoms with E-state index >= 15 is 0 Å². The summed E-state index contributed by atoms with van der Waals surface area (Å²) >= 11 is 0. The Morgan fingerprint density at radius 2 is 2.22 bits per heavy atom. The maximum absolute atomic E-state index is 12.5. The standard InChI is InChI=1S/C18H24N4O/c1-13(2)22-14(3)10-20-17(22)9-15-6-8-21(12-15)18(23)16-5-4-7-19-11-16/h4-5,7,10-11,13,15H,6,8-9,12H2,1-3H3. The van der Waals surface area contributed by atoms with E-state index in [2.05, 4.69) is 35.3 Å². The maximum Gasteiger partial charge on any atom is 0.255 e. The molecule has 3 heterocycles. The molecule has 1 unspecified atom stereocenters. The molecule has 1 saturated heterocycles. The van der Waals surface area contributed by atoms with Crippen LogP contribution in [-0.2, 0) is 6.42 Å². The highest BCUT2D eigenvalue weighted by molar-refractivity contribution is 5.94. The molecule has 1 aliphatic rings. The third kappa shape index (κ3) is 3.28. The van der Waals surface area contributed by atoms with Crippen molar-refractivity contribution in [2.24, 2.45) is 5.92 Å². The smallest absolute Gasteiger partial charge is 0.255 e. The number of pyridine rings is 1. The number of aromatic nitrogens is 3. The summed E-state index contributed by atoms with van der Waals surface area (Å²) < 4.78 is 2.30. The Morgan fingerprint density at radius 3 is 2.91 bits per heavy atom. The number of nitrogens with zero attached hydrogens (tertiary/aromatic N) is 4. The van der Waals surface area contributed by atoms with Crippen LogP contribution in [0.1, 0.15) is 48.2 Å². The van der Waals surface area contributed by atoms with Gasteiger partial charge in [-0.25, -0.2) is 4.98 Å². The number of carbonyl (C=O) groups excluding carboxylic acids is 1. The molecule has 0 radical (unpaired) electrons. The topological polar surface area (TPSA) is 51.0 Å². The number of likely N-dealkylation sites (tertiary alicyclic amines) is 1. The minimum atomic E-state index is 0.0870. The molecule has 122 valence electrons. The number of amides is 1. The van der Waals surface area contributed by atoms with E-state index in [1.54, 1.807) is 12.4 Å². The van der Waals surface area contributed by atoms with E-state index in [1.807, 2.05) is 23.2 Å². The molecule has 0 spiro atoms. The zero-order valence-corrected chi connectivity index (χ0v) is 14.1. The highest BCUT2D eigenvalue weighted by atomic mass is 16.2. The van der Waals surface area contributed by atoms with Gasteiger partial charge in [-0.3, -0.25) is 9.78 Å². The first-order chi connectivity index (χ1) is 11.1. The Hall–Kier alpha value is -2.17. The summed E-state index contributed by atoms with van der Waals surface area (Å²) in [4.78, 5) is 23.0. The van der Waals surface area contributed by atoms with Crippen LogP contribution in [0.2, 0.25) is 0 Å². The number of carbonyl (C=O) groups is 1. The van der Waals surface area contributed by atoms with Crippen molar-refractivity contribution in [3.63, 3.8) is 0 Å². The summed E-state index contributed by atoms with van der Waals surface area (Å²) in [5, 5.41) is 0. The molecular formula is C18H24N4O. The molecule has 1 amide bonds. The summed E-state index contributed by atoms with van der Waals surface area (Å²) in [6.07, 6.45) is 7.25. The third-order valence-corrected chi connectivity index (χ3v) is 4.53. The molecule has 0 saturated carbocycles. The molecule has 2 aromatic rings. The summed E-state index contributed by atoms with van der Waals surface area (Å²) in [5.74, 6) is 1.71. The number of hydrogen-bond acceptors (Lipinski definition) is 3. The highest BCUT2D eigenvalue weighted by Crippen LogP contribution is 2.24. The first-order valence-electron chi connectivity index (χ1n) is 8.28. The summed E-state index contributed by atoms with van der Waals surface area (Å²) in [5.41, 5.74) is 1.88. The van der Waals surface area contributed by atoms with Crippen molar-refractivity contribution >= 4 is 5.91 Å². The van der Waals surface area contributed by atoms with Crippen LogP contribution in [0, 0.1) is 12.8 Å². The van der Waals surface area contributed by atoms with Crippen molar-refractivity contribution in [3.8, 4) is 0 Å². The van der Waals surface area contributed by atoms with Gasteiger partial charge in [0.05, 0.1) is 5.56 Å². The lowest BCUT2D eigenvalue weighted by molar-refractivity contribution is 0.0786.